The van der Waals surface area contributed by atoms with Crippen LogP contribution in [0.25, 0.3) is 0 Å². The van der Waals surface area contributed by atoms with Gasteiger partial charge in [-0.05, 0) is 31.9 Å². The average Bonchev–Trinajstić information content (AvgIpc) is 2.81. The molecule has 0 atom stereocenters. The van der Waals surface area contributed by atoms with Crippen LogP contribution in [0, 0.1) is 0 Å². The Labute approximate surface area is 197 Å². The first kappa shape index (κ1) is 26.5. The Balaban J connectivity index is 2.12. The normalized spacial score (nSPS) is 10.6. The number of nitrogen functional groups attached to an aromatic ring is 1. The van der Waals surface area contributed by atoms with Gasteiger partial charge in [0.25, 0.3) is 11.5 Å². The molecule has 3 N–H and O–H groups in total. The summed E-state index contributed by atoms with van der Waals surface area (Å²) in [6.07, 6.45) is 1.91. The van der Waals surface area contributed by atoms with E-state index in [0.29, 0.717) is 30.9 Å². The van der Waals surface area contributed by atoms with Gasteiger partial charge in [0, 0.05) is 13.1 Å². The number of aromatic nitrogens is 2. The van der Waals surface area contributed by atoms with Crippen molar-refractivity contribution >= 4 is 23.4 Å². The number of para-hydroxylation sites is 2. The monoisotopic (exact) mass is 476 g/mol. The average molecular weight is 477 g/mol. The molecule has 0 aliphatic heterocycles. The molecular weight excluding hydrogens is 444 g/mol. The zero-order chi connectivity index (χ0) is 25.1. The lowest BCUT2D eigenvalue weighted by Gasteiger charge is -2.24. The Morgan fingerprint density at radius 2 is 1.71 bits per heavy atom. The number of hydrogen-bond donors (Lipinski definition) is 2. The van der Waals surface area contributed by atoms with Crippen molar-refractivity contribution in [2.45, 2.75) is 46.6 Å². The number of hydrogen-bond acceptors (Lipinski definition) is 8. The molecule has 0 aliphatic carbocycles. The van der Waals surface area contributed by atoms with E-state index in [1.54, 1.807) is 24.3 Å². The van der Waals surface area contributed by atoms with E-state index in [2.05, 4.69) is 4.98 Å². The fourth-order valence-electron chi connectivity index (χ4n) is 3.20. The van der Waals surface area contributed by atoms with E-state index in [-0.39, 0.29) is 24.6 Å². The van der Waals surface area contributed by atoms with Gasteiger partial charge in [0.2, 0.25) is 0 Å². The van der Waals surface area contributed by atoms with Crippen LogP contribution in [0.5, 0.6) is 11.5 Å². The molecule has 11 heteroatoms. The molecule has 11 nitrogen and oxygen atoms in total. The fourth-order valence-corrected chi connectivity index (χ4v) is 3.20. The van der Waals surface area contributed by atoms with Gasteiger partial charge in [-0.3, -0.25) is 19.1 Å². The molecule has 0 spiro atoms. The van der Waals surface area contributed by atoms with Crippen LogP contribution in [0.15, 0.2) is 33.9 Å². The van der Waals surface area contributed by atoms with E-state index in [1.807, 2.05) is 20.8 Å². The highest BCUT2D eigenvalue weighted by molar-refractivity contribution is 5.97. The minimum atomic E-state index is -0.776. The van der Waals surface area contributed by atoms with Gasteiger partial charge >= 0.3 is 11.7 Å². The summed E-state index contributed by atoms with van der Waals surface area (Å²) in [5, 5.41) is 0. The molecule has 1 aromatic heterocycles. The number of rotatable bonds is 13. The lowest BCUT2D eigenvalue weighted by atomic mass is 10.2. The first-order valence-corrected chi connectivity index (χ1v) is 11.3. The van der Waals surface area contributed by atoms with Gasteiger partial charge in [-0.25, -0.2) is 9.59 Å². The summed E-state index contributed by atoms with van der Waals surface area (Å²) in [5.74, 6) is -0.670. The summed E-state index contributed by atoms with van der Waals surface area (Å²) in [6.45, 7) is 5.42. The van der Waals surface area contributed by atoms with Crippen molar-refractivity contribution in [1.82, 2.24) is 9.55 Å². The number of nitrogens with one attached hydrogen (secondary N) is 1. The summed E-state index contributed by atoms with van der Waals surface area (Å²) in [5.41, 5.74) is 4.54. The topological polar surface area (TPSA) is 146 Å². The van der Waals surface area contributed by atoms with Crippen molar-refractivity contribution in [3.63, 3.8) is 0 Å². The molecule has 0 unspecified atom stereocenters. The number of esters is 1. The summed E-state index contributed by atoms with van der Waals surface area (Å²) < 4.78 is 17.2. The Kier molecular flexibility index (Phi) is 10.2. The molecule has 0 bridgehead atoms. The van der Waals surface area contributed by atoms with E-state index in [1.165, 1.54) is 4.57 Å². The number of carbonyl (C=O) groups is 2. The highest BCUT2D eigenvalue weighted by Gasteiger charge is 2.25. The number of nitrogens with two attached hydrogens (primary N) is 1. The number of ether oxygens (including phenoxy) is 3. The second-order valence-corrected chi connectivity index (χ2v) is 7.37. The van der Waals surface area contributed by atoms with Gasteiger partial charge in [-0.2, -0.15) is 0 Å². The molecule has 0 aliphatic rings. The van der Waals surface area contributed by atoms with Crippen LogP contribution in [0.4, 0.5) is 11.5 Å². The molecule has 0 radical (unpaired) electrons. The van der Waals surface area contributed by atoms with Crippen LogP contribution in [-0.4, -0.2) is 47.8 Å². The number of unbranched alkanes of at least 4 members (excludes halogenated alkanes) is 1. The molecule has 0 saturated heterocycles. The molecule has 34 heavy (non-hydrogen) atoms. The largest absolute Gasteiger partial charge is 0.490 e. The predicted molar refractivity (Wildman–Crippen MR) is 127 cm³/mol. The van der Waals surface area contributed by atoms with Crippen molar-refractivity contribution in [2.75, 3.05) is 37.0 Å². The quantitative estimate of drug-likeness (QED) is 0.415. The maximum Gasteiger partial charge on any atom is 0.344 e. The fraction of sp³-hybridized carbons (Fsp3) is 0.478. The predicted octanol–water partition coefficient (Wildman–Crippen LogP) is 1.68. The van der Waals surface area contributed by atoms with Gasteiger partial charge < -0.3 is 24.8 Å². The number of aromatic amines is 1. The van der Waals surface area contributed by atoms with Gasteiger partial charge in [-0.15, -0.1) is 0 Å². The molecule has 2 rings (SSSR count). The van der Waals surface area contributed by atoms with Gasteiger partial charge in [0.15, 0.2) is 30.4 Å². The highest BCUT2D eigenvalue weighted by atomic mass is 16.6. The van der Waals surface area contributed by atoms with E-state index in [4.69, 9.17) is 19.9 Å². The van der Waals surface area contributed by atoms with Crippen molar-refractivity contribution < 1.29 is 23.8 Å². The minimum absolute atomic E-state index is 0.109. The summed E-state index contributed by atoms with van der Waals surface area (Å²) >= 11 is 0. The van der Waals surface area contributed by atoms with Crippen molar-refractivity contribution in [1.29, 1.82) is 0 Å². The van der Waals surface area contributed by atoms with Crippen molar-refractivity contribution in [3.8, 4) is 11.5 Å². The van der Waals surface area contributed by atoms with Crippen molar-refractivity contribution in [2.24, 2.45) is 0 Å². The summed E-state index contributed by atoms with van der Waals surface area (Å²) in [7, 11) is 0. The molecule has 0 saturated carbocycles. The van der Waals surface area contributed by atoms with Crippen LogP contribution < -0.4 is 31.4 Å². The van der Waals surface area contributed by atoms with E-state index < -0.39 is 36.3 Å². The second kappa shape index (κ2) is 13.1. The van der Waals surface area contributed by atoms with Gasteiger partial charge in [-0.1, -0.05) is 32.4 Å². The van der Waals surface area contributed by atoms with Crippen LogP contribution in [-0.2, 0) is 20.9 Å². The van der Waals surface area contributed by atoms with Gasteiger partial charge in [0.1, 0.15) is 5.82 Å². The third kappa shape index (κ3) is 6.87. The Hall–Kier alpha value is -3.76. The molecule has 2 aromatic rings. The van der Waals surface area contributed by atoms with Crippen LogP contribution >= 0.6 is 0 Å². The van der Waals surface area contributed by atoms with Crippen LogP contribution in [0.3, 0.4) is 0 Å². The third-order valence-electron chi connectivity index (χ3n) is 4.82. The zero-order valence-corrected chi connectivity index (χ0v) is 19.8. The number of amides is 1. The molecule has 1 amide bonds. The number of H-pyrrole nitrogens is 1. The molecule has 186 valence electrons. The maximum atomic E-state index is 12.9. The molecular formula is C23H32N4O7. The smallest absolute Gasteiger partial charge is 0.344 e. The Morgan fingerprint density at radius 3 is 2.32 bits per heavy atom. The van der Waals surface area contributed by atoms with Gasteiger partial charge in [0.05, 0.1) is 6.61 Å². The van der Waals surface area contributed by atoms with Crippen molar-refractivity contribution in [3.05, 3.63) is 45.1 Å². The van der Waals surface area contributed by atoms with E-state index >= 15 is 0 Å². The Bertz CT molecular complexity index is 1090. The van der Waals surface area contributed by atoms with Crippen LogP contribution in [0.2, 0.25) is 0 Å². The number of benzene rings is 1. The van der Waals surface area contributed by atoms with E-state index in [0.717, 1.165) is 11.3 Å². The number of nitrogens with zero attached hydrogens (tertiary/aromatic N) is 2. The molecule has 0 fully saturated rings. The lowest BCUT2D eigenvalue weighted by molar-refractivity contribution is -0.149. The summed E-state index contributed by atoms with van der Waals surface area (Å²) in [4.78, 5) is 53.1. The number of anilines is 2. The second-order valence-electron chi connectivity index (χ2n) is 7.37. The first-order chi connectivity index (χ1) is 16.3. The first-order valence-electron chi connectivity index (χ1n) is 11.3. The lowest BCUT2D eigenvalue weighted by Crippen LogP contribution is -2.43. The highest BCUT2D eigenvalue weighted by Crippen LogP contribution is 2.26. The standard InChI is InChI=1S/C23H32N4O7/c1-4-7-13-26(20-21(24)27(12-5-2)23(31)25-22(20)30)18(28)14-34-19(29)15-33-17-11-9-8-10-16(17)32-6-3/h8-11H,4-7,12-15,24H2,1-3H3,(H,25,30,31). The molecule has 1 aromatic carbocycles. The minimum Gasteiger partial charge on any atom is -0.490 e. The summed E-state index contributed by atoms with van der Waals surface area (Å²) in [6, 6.07) is 6.87. The van der Waals surface area contributed by atoms with E-state index in [9.17, 15) is 19.2 Å². The zero-order valence-electron chi connectivity index (χ0n) is 19.8. The Morgan fingerprint density at radius 1 is 1.03 bits per heavy atom. The SMILES string of the molecule is CCCCN(C(=O)COC(=O)COc1ccccc1OCC)c1c(N)n(CCC)c(=O)[nH]c1=O. The maximum absolute atomic E-state index is 12.9. The van der Waals surface area contributed by atoms with Crippen LogP contribution in [0.1, 0.15) is 40.0 Å². The third-order valence-corrected chi connectivity index (χ3v) is 4.82. The molecule has 1 heterocycles. The number of carbonyl (C=O) groups excluding carboxylic acids is 2.